The van der Waals surface area contributed by atoms with Crippen LogP contribution in [0, 0.1) is 17.8 Å². The second kappa shape index (κ2) is 8.99. The molecule has 3 fully saturated rings. The number of carbonyl (C=O) groups excluding carboxylic acids is 1. The van der Waals surface area contributed by atoms with E-state index in [0.717, 1.165) is 31.2 Å². The smallest absolute Gasteiger partial charge is 0.189 e. The van der Waals surface area contributed by atoms with Crippen LogP contribution >= 0.6 is 15.9 Å². The first-order valence-electron chi connectivity index (χ1n) is 10.2. The molecule has 2 aliphatic carbocycles. The third-order valence-electron chi connectivity index (χ3n) is 6.65. The Bertz CT molecular complexity index is 372. The number of hydrogen-bond donors (Lipinski definition) is 1. The van der Waals surface area contributed by atoms with Gasteiger partial charge in [0.1, 0.15) is 6.54 Å². The summed E-state index contributed by atoms with van der Waals surface area (Å²) >= 11 is 3.70. The Kier molecular flexibility index (Phi) is 7.00. The number of nitrogens with one attached hydrogen (secondary N) is 1. The molecule has 1 N–H and O–H groups in total. The van der Waals surface area contributed by atoms with Crippen LogP contribution in [-0.2, 0) is 4.79 Å². The highest BCUT2D eigenvalue weighted by atomic mass is 79.9. The molecule has 1 saturated heterocycles. The molecule has 0 spiro atoms. The third-order valence-corrected chi connectivity index (χ3v) is 7.56. The number of Topliss-reactive ketones (excluding diaryl/α,β-unsaturated/α-hetero) is 1. The Labute approximate surface area is 150 Å². The number of alkyl halides is 1. The number of ketones is 1. The molecule has 0 aromatic rings. The van der Waals surface area contributed by atoms with Gasteiger partial charge in [0, 0.05) is 16.7 Å². The summed E-state index contributed by atoms with van der Waals surface area (Å²) < 4.78 is 0. The van der Waals surface area contributed by atoms with E-state index < -0.39 is 0 Å². The van der Waals surface area contributed by atoms with E-state index in [4.69, 9.17) is 0 Å². The van der Waals surface area contributed by atoms with Gasteiger partial charge in [-0.2, -0.15) is 0 Å². The van der Waals surface area contributed by atoms with Crippen molar-refractivity contribution < 1.29 is 9.69 Å². The van der Waals surface area contributed by atoms with Gasteiger partial charge >= 0.3 is 0 Å². The van der Waals surface area contributed by atoms with E-state index in [1.165, 1.54) is 77.3 Å². The molecule has 0 aromatic heterocycles. The average Bonchev–Trinajstić information content (AvgIpc) is 2.57. The van der Waals surface area contributed by atoms with Crippen molar-refractivity contribution in [2.45, 2.75) is 81.9 Å². The first kappa shape index (κ1) is 17.9. The molecule has 2 atom stereocenters. The minimum atomic E-state index is 0.370. The zero-order chi connectivity index (χ0) is 16.1. The molecule has 3 heteroatoms. The molecule has 132 valence electrons. The molecule has 0 radical (unpaired) electrons. The predicted octanol–water partition coefficient (Wildman–Crippen LogP) is 3.77. The van der Waals surface area contributed by atoms with Crippen LogP contribution in [0.4, 0.5) is 0 Å². The monoisotopic (exact) mass is 384 g/mol. The van der Waals surface area contributed by atoms with E-state index in [2.05, 4.69) is 15.9 Å². The fourth-order valence-corrected chi connectivity index (χ4v) is 5.80. The van der Waals surface area contributed by atoms with Gasteiger partial charge in [-0.05, 0) is 50.9 Å². The Morgan fingerprint density at radius 1 is 0.870 bits per heavy atom. The molecule has 1 heterocycles. The van der Waals surface area contributed by atoms with Gasteiger partial charge in [0.15, 0.2) is 5.78 Å². The maximum Gasteiger partial charge on any atom is 0.189 e. The van der Waals surface area contributed by atoms with Gasteiger partial charge in [-0.1, -0.05) is 48.0 Å². The summed E-state index contributed by atoms with van der Waals surface area (Å²) in [7, 11) is 0. The third kappa shape index (κ3) is 5.56. The number of quaternary nitrogens is 1. The van der Waals surface area contributed by atoms with E-state index >= 15 is 0 Å². The molecule has 0 aromatic carbocycles. The van der Waals surface area contributed by atoms with Crippen molar-refractivity contribution in [3.8, 4) is 0 Å². The standard InChI is InChI=1S/C20H34BrNO/c21-19-10-8-18(9-11-19)20(23)15-22-12-4-7-17(14-22)13-16-5-2-1-3-6-16/h16-19H,1-15H2/p+1. The van der Waals surface area contributed by atoms with E-state index in [9.17, 15) is 4.79 Å². The first-order valence-corrected chi connectivity index (χ1v) is 11.1. The van der Waals surface area contributed by atoms with Crippen molar-refractivity contribution in [1.82, 2.24) is 0 Å². The predicted molar refractivity (Wildman–Crippen MR) is 99.2 cm³/mol. The first-order chi connectivity index (χ1) is 11.2. The van der Waals surface area contributed by atoms with E-state index in [1.807, 2.05) is 0 Å². The number of piperidine rings is 1. The lowest BCUT2D eigenvalue weighted by molar-refractivity contribution is -0.901. The van der Waals surface area contributed by atoms with Crippen LogP contribution in [-0.4, -0.2) is 30.2 Å². The number of carbonyl (C=O) groups is 1. The maximum absolute atomic E-state index is 12.6. The summed E-state index contributed by atoms with van der Waals surface area (Å²) in [4.78, 5) is 14.9. The number of likely N-dealkylation sites (tertiary alicyclic amines) is 1. The number of hydrogen-bond acceptors (Lipinski definition) is 1. The molecule has 3 aliphatic rings. The van der Waals surface area contributed by atoms with Gasteiger partial charge in [0.2, 0.25) is 0 Å². The lowest BCUT2D eigenvalue weighted by atomic mass is 9.80. The van der Waals surface area contributed by atoms with Crippen LogP contribution < -0.4 is 4.90 Å². The van der Waals surface area contributed by atoms with Gasteiger partial charge in [0.05, 0.1) is 13.1 Å². The van der Waals surface area contributed by atoms with Crippen molar-refractivity contribution in [2.24, 2.45) is 17.8 Å². The molecule has 0 amide bonds. The lowest BCUT2D eigenvalue weighted by Crippen LogP contribution is -3.14. The zero-order valence-electron chi connectivity index (χ0n) is 14.7. The molecule has 0 bridgehead atoms. The summed E-state index contributed by atoms with van der Waals surface area (Å²) in [6.07, 6.45) is 16.2. The van der Waals surface area contributed by atoms with Crippen LogP contribution in [0.2, 0.25) is 0 Å². The molecule has 1 aliphatic heterocycles. The molecule has 2 saturated carbocycles. The molecule has 3 rings (SSSR count). The normalized spacial score (nSPS) is 36.7. The van der Waals surface area contributed by atoms with Crippen LogP contribution in [0.25, 0.3) is 0 Å². The second-order valence-corrected chi connectivity index (χ2v) is 9.84. The summed E-state index contributed by atoms with van der Waals surface area (Å²) in [6.45, 7) is 3.33. The highest BCUT2D eigenvalue weighted by molar-refractivity contribution is 9.09. The quantitative estimate of drug-likeness (QED) is 0.715. The molecular weight excluding hydrogens is 350 g/mol. The highest BCUT2D eigenvalue weighted by Gasteiger charge is 2.31. The van der Waals surface area contributed by atoms with Crippen molar-refractivity contribution in [1.29, 1.82) is 0 Å². The van der Waals surface area contributed by atoms with Crippen molar-refractivity contribution in [3.63, 3.8) is 0 Å². The van der Waals surface area contributed by atoms with Crippen molar-refractivity contribution in [3.05, 3.63) is 0 Å². The Morgan fingerprint density at radius 3 is 2.30 bits per heavy atom. The summed E-state index contributed by atoms with van der Waals surface area (Å²) in [5.41, 5.74) is 0. The number of halogens is 1. The summed E-state index contributed by atoms with van der Waals surface area (Å²) in [6, 6.07) is 0. The van der Waals surface area contributed by atoms with Crippen molar-refractivity contribution in [2.75, 3.05) is 19.6 Å². The zero-order valence-corrected chi connectivity index (χ0v) is 16.3. The van der Waals surface area contributed by atoms with Crippen LogP contribution in [0.15, 0.2) is 0 Å². The van der Waals surface area contributed by atoms with E-state index in [1.54, 1.807) is 4.90 Å². The fraction of sp³-hybridized carbons (Fsp3) is 0.950. The summed E-state index contributed by atoms with van der Waals surface area (Å²) in [5.74, 6) is 2.83. The van der Waals surface area contributed by atoms with Crippen LogP contribution in [0.3, 0.4) is 0 Å². The van der Waals surface area contributed by atoms with Gasteiger partial charge < -0.3 is 4.90 Å². The lowest BCUT2D eigenvalue weighted by Gasteiger charge is -2.33. The van der Waals surface area contributed by atoms with Gasteiger partial charge in [-0.3, -0.25) is 4.79 Å². The molecule has 2 unspecified atom stereocenters. The molecular formula is C20H35BrNO+. The topological polar surface area (TPSA) is 21.5 Å². The Hall–Kier alpha value is 0.110. The maximum atomic E-state index is 12.6. The van der Waals surface area contributed by atoms with Crippen LogP contribution in [0.1, 0.15) is 77.0 Å². The second-order valence-electron chi connectivity index (χ2n) is 8.54. The fourth-order valence-electron chi connectivity index (χ4n) is 5.27. The van der Waals surface area contributed by atoms with E-state index in [0.29, 0.717) is 16.5 Å². The van der Waals surface area contributed by atoms with Gasteiger partial charge in [0.25, 0.3) is 0 Å². The Balaban J connectivity index is 1.41. The minimum Gasteiger partial charge on any atom is -0.329 e. The SMILES string of the molecule is O=C(C[NH+]1CCCC(CC2CCCCC2)C1)C1CCC(Br)CC1. The Morgan fingerprint density at radius 2 is 1.57 bits per heavy atom. The number of rotatable bonds is 5. The largest absolute Gasteiger partial charge is 0.329 e. The highest BCUT2D eigenvalue weighted by Crippen LogP contribution is 2.31. The molecule has 23 heavy (non-hydrogen) atoms. The van der Waals surface area contributed by atoms with Crippen LogP contribution in [0.5, 0.6) is 0 Å². The minimum absolute atomic E-state index is 0.370. The average molecular weight is 385 g/mol. The van der Waals surface area contributed by atoms with Gasteiger partial charge in [-0.25, -0.2) is 0 Å². The summed E-state index contributed by atoms with van der Waals surface area (Å²) in [5, 5.41) is 0. The van der Waals surface area contributed by atoms with Gasteiger partial charge in [-0.15, -0.1) is 0 Å². The molecule has 2 nitrogen and oxygen atoms in total. The van der Waals surface area contributed by atoms with Crippen molar-refractivity contribution >= 4 is 21.7 Å². The van der Waals surface area contributed by atoms with E-state index in [-0.39, 0.29) is 0 Å².